The molecule has 0 aliphatic carbocycles. The molecule has 0 aliphatic heterocycles. The number of hydrogen-bond acceptors (Lipinski definition) is 5. The molecule has 36 heavy (non-hydrogen) atoms. The summed E-state index contributed by atoms with van der Waals surface area (Å²) in [5.74, 6) is 0.557. The van der Waals surface area contributed by atoms with Crippen molar-refractivity contribution in [3.63, 3.8) is 0 Å². The van der Waals surface area contributed by atoms with Gasteiger partial charge in [-0.25, -0.2) is 9.78 Å². The summed E-state index contributed by atoms with van der Waals surface area (Å²) in [6.07, 6.45) is 0. The molecular formula is C28H28N4O2S2. The Morgan fingerprint density at radius 1 is 0.861 bits per heavy atom. The minimum absolute atomic E-state index is 0.240. The molecule has 0 aliphatic rings. The Morgan fingerprint density at radius 2 is 1.53 bits per heavy atom. The maximum absolute atomic E-state index is 13.0. The van der Waals surface area contributed by atoms with Crippen molar-refractivity contribution in [3.8, 4) is 0 Å². The first-order valence-corrected chi connectivity index (χ1v) is 13.3. The Balaban J connectivity index is 1.41. The predicted molar refractivity (Wildman–Crippen MR) is 151 cm³/mol. The van der Waals surface area contributed by atoms with Gasteiger partial charge >= 0.3 is 6.03 Å². The number of aryl methyl sites for hydroxylation is 4. The first kappa shape index (κ1) is 25.5. The van der Waals surface area contributed by atoms with Crippen molar-refractivity contribution in [2.45, 2.75) is 38.3 Å². The highest BCUT2D eigenvalue weighted by atomic mass is 32.2. The van der Waals surface area contributed by atoms with Crippen molar-refractivity contribution in [3.05, 3.63) is 99.6 Å². The van der Waals surface area contributed by atoms with Crippen LogP contribution in [0.3, 0.4) is 0 Å². The fraction of sp³-hybridized carbons (Fsp3) is 0.179. The summed E-state index contributed by atoms with van der Waals surface area (Å²) in [5, 5.41) is 9.05. The number of benzene rings is 3. The zero-order valence-corrected chi connectivity index (χ0v) is 22.3. The van der Waals surface area contributed by atoms with Crippen LogP contribution >= 0.6 is 23.1 Å². The van der Waals surface area contributed by atoms with Gasteiger partial charge in [-0.05, 0) is 56.5 Å². The van der Waals surface area contributed by atoms with Crippen LogP contribution in [0.5, 0.6) is 0 Å². The lowest BCUT2D eigenvalue weighted by Gasteiger charge is -2.12. The van der Waals surface area contributed by atoms with E-state index in [1.165, 1.54) is 5.56 Å². The molecule has 1 heterocycles. The lowest BCUT2D eigenvalue weighted by molar-refractivity contribution is 0.102. The van der Waals surface area contributed by atoms with E-state index >= 15 is 0 Å². The second-order valence-electron chi connectivity index (χ2n) is 8.51. The highest BCUT2D eigenvalue weighted by Crippen LogP contribution is 2.31. The fourth-order valence-corrected chi connectivity index (χ4v) is 5.71. The van der Waals surface area contributed by atoms with Gasteiger partial charge in [-0.3, -0.25) is 10.1 Å². The van der Waals surface area contributed by atoms with E-state index < -0.39 is 6.03 Å². The van der Waals surface area contributed by atoms with Crippen molar-refractivity contribution in [2.75, 3.05) is 16.0 Å². The maximum Gasteiger partial charge on any atom is 0.325 e. The van der Waals surface area contributed by atoms with Crippen LogP contribution in [0.25, 0.3) is 0 Å². The van der Waals surface area contributed by atoms with Gasteiger partial charge in [0.1, 0.15) is 4.88 Å². The molecule has 0 spiro atoms. The molecule has 0 saturated carbocycles. The molecule has 1 aromatic heterocycles. The van der Waals surface area contributed by atoms with Crippen molar-refractivity contribution < 1.29 is 9.59 Å². The Morgan fingerprint density at radius 3 is 2.25 bits per heavy atom. The van der Waals surface area contributed by atoms with Gasteiger partial charge in [0.15, 0.2) is 5.13 Å². The number of thiazole rings is 1. The van der Waals surface area contributed by atoms with Crippen molar-refractivity contribution in [1.82, 2.24) is 4.98 Å². The lowest BCUT2D eigenvalue weighted by atomic mass is 10.1. The van der Waals surface area contributed by atoms with Crippen LogP contribution in [-0.4, -0.2) is 16.9 Å². The zero-order chi connectivity index (χ0) is 25.7. The first-order chi connectivity index (χ1) is 17.3. The molecule has 3 N–H and O–H groups in total. The average Bonchev–Trinajstić information content (AvgIpc) is 3.21. The van der Waals surface area contributed by atoms with Crippen molar-refractivity contribution in [1.29, 1.82) is 0 Å². The van der Waals surface area contributed by atoms with Gasteiger partial charge in [0, 0.05) is 16.3 Å². The summed E-state index contributed by atoms with van der Waals surface area (Å²) in [5.41, 5.74) is 6.45. The minimum atomic E-state index is -0.409. The molecule has 4 aromatic rings. The van der Waals surface area contributed by atoms with Gasteiger partial charge in [0.2, 0.25) is 0 Å². The molecule has 3 amide bonds. The quantitative estimate of drug-likeness (QED) is 0.221. The number of nitrogens with one attached hydrogen (secondary N) is 3. The highest BCUT2D eigenvalue weighted by molar-refractivity contribution is 7.98. The Kier molecular flexibility index (Phi) is 8.07. The molecule has 0 saturated heterocycles. The lowest BCUT2D eigenvalue weighted by Crippen LogP contribution is -2.19. The predicted octanol–water partition coefficient (Wildman–Crippen LogP) is 7.57. The van der Waals surface area contributed by atoms with Crippen LogP contribution in [0.1, 0.15) is 37.6 Å². The van der Waals surface area contributed by atoms with Crippen LogP contribution in [-0.2, 0) is 5.75 Å². The van der Waals surface area contributed by atoms with E-state index in [-0.39, 0.29) is 5.91 Å². The molecular weight excluding hydrogens is 488 g/mol. The second-order valence-corrected chi connectivity index (χ2v) is 10.5. The second kappa shape index (κ2) is 11.4. The first-order valence-electron chi connectivity index (χ1n) is 11.5. The summed E-state index contributed by atoms with van der Waals surface area (Å²) >= 11 is 2.81. The smallest absolute Gasteiger partial charge is 0.321 e. The number of urea groups is 1. The van der Waals surface area contributed by atoms with Gasteiger partial charge in [0.05, 0.1) is 11.4 Å². The fourth-order valence-electron chi connectivity index (χ4n) is 3.89. The molecule has 0 unspecified atom stereocenters. The molecule has 8 heteroatoms. The largest absolute Gasteiger partial charge is 0.325 e. The molecule has 6 nitrogen and oxygen atoms in total. The van der Waals surface area contributed by atoms with E-state index in [2.05, 4.69) is 33.1 Å². The van der Waals surface area contributed by atoms with E-state index in [1.54, 1.807) is 18.7 Å². The van der Waals surface area contributed by atoms with Crippen LogP contribution in [0.15, 0.2) is 71.6 Å². The highest BCUT2D eigenvalue weighted by Gasteiger charge is 2.19. The van der Waals surface area contributed by atoms with Gasteiger partial charge in [-0.1, -0.05) is 71.5 Å². The van der Waals surface area contributed by atoms with Gasteiger partial charge in [-0.15, -0.1) is 11.8 Å². The van der Waals surface area contributed by atoms with E-state index in [0.29, 0.717) is 21.4 Å². The number of carbonyl (C=O) groups excluding carboxylic acids is 2. The topological polar surface area (TPSA) is 83.1 Å². The normalized spacial score (nSPS) is 10.7. The van der Waals surface area contributed by atoms with Gasteiger partial charge in [0.25, 0.3) is 5.91 Å². The van der Waals surface area contributed by atoms with Gasteiger partial charge in [-0.2, -0.15) is 0 Å². The maximum atomic E-state index is 13.0. The standard InChI is InChI=1S/C28H28N4O2S2/c1-17-14-18(2)24(19(3)15-17)31-26(33)25-20(4)29-28(36-25)32-27(34)30-22-12-8-9-13-23(22)35-16-21-10-6-5-7-11-21/h5-15H,16H2,1-4H3,(H,31,33)(H2,29,30,32,34). The number of amides is 3. The molecule has 3 aromatic carbocycles. The SMILES string of the molecule is Cc1cc(C)c(NC(=O)c2sc(NC(=O)Nc3ccccc3SCc3ccccc3)nc2C)c(C)c1. The molecule has 0 fully saturated rings. The molecule has 4 rings (SSSR count). The molecule has 0 atom stereocenters. The minimum Gasteiger partial charge on any atom is -0.321 e. The average molecular weight is 517 g/mol. The van der Waals surface area contributed by atoms with Gasteiger partial charge < -0.3 is 10.6 Å². The molecule has 184 valence electrons. The van der Waals surface area contributed by atoms with E-state index in [4.69, 9.17) is 0 Å². The summed E-state index contributed by atoms with van der Waals surface area (Å²) < 4.78 is 0. The number of carbonyl (C=O) groups is 2. The van der Waals surface area contributed by atoms with E-state index in [9.17, 15) is 9.59 Å². The van der Waals surface area contributed by atoms with Crippen LogP contribution in [0.4, 0.5) is 21.3 Å². The summed E-state index contributed by atoms with van der Waals surface area (Å²) in [6.45, 7) is 7.74. The third kappa shape index (κ3) is 6.33. The monoisotopic (exact) mass is 516 g/mol. The van der Waals surface area contributed by atoms with Crippen molar-refractivity contribution in [2.24, 2.45) is 0 Å². The number of hydrogen-bond donors (Lipinski definition) is 3. The van der Waals surface area contributed by atoms with E-state index in [1.807, 2.05) is 75.4 Å². The third-order valence-electron chi connectivity index (χ3n) is 5.51. The summed E-state index contributed by atoms with van der Waals surface area (Å²) in [6, 6.07) is 21.5. The Bertz CT molecular complexity index is 1380. The number of nitrogens with zero attached hydrogens (tertiary/aromatic N) is 1. The summed E-state index contributed by atoms with van der Waals surface area (Å²) in [4.78, 5) is 31.5. The number of anilines is 3. The van der Waals surface area contributed by atoms with Crippen LogP contribution in [0.2, 0.25) is 0 Å². The number of aromatic nitrogens is 1. The molecule has 0 radical (unpaired) electrons. The van der Waals surface area contributed by atoms with Crippen LogP contribution < -0.4 is 16.0 Å². The Labute approximate surface area is 219 Å². The zero-order valence-electron chi connectivity index (χ0n) is 20.6. The Hall–Kier alpha value is -3.62. The number of rotatable bonds is 7. The van der Waals surface area contributed by atoms with Crippen LogP contribution in [0, 0.1) is 27.7 Å². The molecule has 0 bridgehead atoms. The number of para-hydroxylation sites is 1. The number of thioether (sulfide) groups is 1. The third-order valence-corrected chi connectivity index (χ3v) is 7.73. The summed E-state index contributed by atoms with van der Waals surface area (Å²) in [7, 11) is 0. The van der Waals surface area contributed by atoms with E-state index in [0.717, 1.165) is 44.4 Å². The van der Waals surface area contributed by atoms with Crippen molar-refractivity contribution >= 4 is 51.5 Å².